The number of carbonyl (C=O) groups is 1. The van der Waals surface area contributed by atoms with E-state index in [1.54, 1.807) is 24.1 Å². The van der Waals surface area contributed by atoms with E-state index in [2.05, 4.69) is 19.5 Å². The van der Waals surface area contributed by atoms with Gasteiger partial charge in [0.1, 0.15) is 11.6 Å². The Bertz CT molecular complexity index is 807. The van der Waals surface area contributed by atoms with Crippen molar-refractivity contribution in [2.45, 2.75) is 63.4 Å². The summed E-state index contributed by atoms with van der Waals surface area (Å²) in [6, 6.07) is 6.73. The molecule has 2 aromatic rings. The summed E-state index contributed by atoms with van der Waals surface area (Å²) in [6.07, 6.45) is 5.97. The predicted molar refractivity (Wildman–Crippen MR) is 107 cm³/mol. The maximum atomic E-state index is 12.6. The second-order valence-electron chi connectivity index (χ2n) is 7.25. The summed E-state index contributed by atoms with van der Waals surface area (Å²) in [6.45, 7) is -0.495. The third kappa shape index (κ3) is 5.91. The minimum atomic E-state index is -2.85. The lowest BCUT2D eigenvalue weighted by atomic mass is 9.95. The number of hydrogen-bond acceptors (Lipinski definition) is 5. The van der Waals surface area contributed by atoms with E-state index in [0.717, 1.165) is 29.4 Å². The summed E-state index contributed by atoms with van der Waals surface area (Å²) in [7, 11) is 1.73. The van der Waals surface area contributed by atoms with Crippen molar-refractivity contribution in [3.05, 3.63) is 35.7 Å². The second kappa shape index (κ2) is 10.0. The third-order valence-corrected chi connectivity index (χ3v) is 6.02. The van der Waals surface area contributed by atoms with Gasteiger partial charge in [-0.3, -0.25) is 4.79 Å². The first-order valence-electron chi connectivity index (χ1n) is 9.76. The molecule has 0 unspecified atom stereocenters. The van der Waals surface area contributed by atoms with Crippen LogP contribution in [0.2, 0.25) is 0 Å². The maximum Gasteiger partial charge on any atom is 0.387 e. The summed E-state index contributed by atoms with van der Waals surface area (Å²) >= 11 is 1.41. The molecule has 9 heteroatoms. The van der Waals surface area contributed by atoms with Gasteiger partial charge in [-0.2, -0.15) is 8.78 Å². The molecule has 1 aliphatic carbocycles. The molecule has 1 saturated carbocycles. The molecule has 29 heavy (non-hydrogen) atoms. The molecule has 0 aliphatic heterocycles. The zero-order chi connectivity index (χ0) is 20.8. The van der Waals surface area contributed by atoms with E-state index in [1.165, 1.54) is 43.2 Å². The number of amides is 1. The van der Waals surface area contributed by atoms with Crippen LogP contribution in [0.3, 0.4) is 0 Å². The summed E-state index contributed by atoms with van der Waals surface area (Å²) in [5.41, 5.74) is 0.841. The fourth-order valence-corrected chi connectivity index (χ4v) is 4.57. The zero-order valence-corrected chi connectivity index (χ0v) is 17.5. The molecule has 0 saturated heterocycles. The van der Waals surface area contributed by atoms with Crippen molar-refractivity contribution in [3.8, 4) is 5.75 Å². The Morgan fingerprint density at radius 1 is 1.24 bits per heavy atom. The number of hydrogen-bond donors (Lipinski definition) is 0. The highest BCUT2D eigenvalue weighted by molar-refractivity contribution is 7.99. The number of ether oxygens (including phenoxy) is 1. The van der Waals surface area contributed by atoms with Crippen LogP contribution in [0.4, 0.5) is 8.78 Å². The van der Waals surface area contributed by atoms with Gasteiger partial charge in [-0.05, 0) is 37.5 Å². The van der Waals surface area contributed by atoms with E-state index >= 15 is 0 Å². The van der Waals surface area contributed by atoms with Gasteiger partial charge in [-0.15, -0.1) is 10.2 Å². The lowest BCUT2D eigenvalue weighted by Crippen LogP contribution is -2.28. The summed E-state index contributed by atoms with van der Waals surface area (Å²) in [4.78, 5) is 14.2. The smallest absolute Gasteiger partial charge is 0.387 e. The Kier molecular flexibility index (Phi) is 7.46. The molecule has 1 aromatic carbocycles. The summed E-state index contributed by atoms with van der Waals surface area (Å²) in [5.74, 6) is 1.24. The highest BCUT2D eigenvalue weighted by atomic mass is 32.2. The minimum absolute atomic E-state index is 0.0289. The number of halogens is 2. The van der Waals surface area contributed by atoms with Crippen molar-refractivity contribution in [2.75, 3.05) is 12.8 Å². The van der Waals surface area contributed by atoms with Gasteiger partial charge in [0.15, 0.2) is 5.16 Å². The van der Waals surface area contributed by atoms with E-state index in [0.29, 0.717) is 12.6 Å². The molecule has 0 atom stereocenters. The first kappa shape index (κ1) is 21.5. The molecule has 0 N–H and O–H groups in total. The average molecular weight is 425 g/mol. The van der Waals surface area contributed by atoms with Gasteiger partial charge in [0.2, 0.25) is 5.91 Å². The first-order chi connectivity index (χ1) is 13.9. The lowest BCUT2D eigenvalue weighted by molar-refractivity contribution is -0.127. The van der Waals surface area contributed by atoms with Crippen LogP contribution in [-0.2, 0) is 11.3 Å². The highest BCUT2D eigenvalue weighted by Crippen LogP contribution is 2.32. The van der Waals surface area contributed by atoms with E-state index in [9.17, 15) is 13.6 Å². The summed E-state index contributed by atoms with van der Waals surface area (Å²) in [5, 5.41) is 9.28. The van der Waals surface area contributed by atoms with Gasteiger partial charge in [0.25, 0.3) is 0 Å². The van der Waals surface area contributed by atoms with Crippen molar-refractivity contribution in [2.24, 2.45) is 0 Å². The van der Waals surface area contributed by atoms with E-state index in [1.807, 2.05) is 6.92 Å². The van der Waals surface area contributed by atoms with Crippen molar-refractivity contribution in [1.29, 1.82) is 0 Å². The molecule has 158 valence electrons. The zero-order valence-electron chi connectivity index (χ0n) is 16.7. The highest BCUT2D eigenvalue weighted by Gasteiger charge is 2.22. The van der Waals surface area contributed by atoms with Crippen LogP contribution in [0.15, 0.2) is 29.4 Å². The fourth-order valence-electron chi connectivity index (χ4n) is 3.58. The standard InChI is InChI=1S/C20H26F2N4O2S/c1-14-23-24-20(26(14)16-6-4-3-5-7-16)29-13-18(27)25(2)12-15-8-10-17(11-9-15)28-19(21)22/h8-11,16,19H,3-7,12-13H2,1-2H3. The van der Waals surface area contributed by atoms with E-state index in [4.69, 9.17) is 0 Å². The monoisotopic (exact) mass is 424 g/mol. The van der Waals surface area contributed by atoms with Gasteiger partial charge in [0, 0.05) is 19.6 Å². The van der Waals surface area contributed by atoms with Gasteiger partial charge in [-0.1, -0.05) is 43.2 Å². The number of carbonyl (C=O) groups excluding carboxylic acids is 1. The Morgan fingerprint density at radius 2 is 1.93 bits per heavy atom. The SMILES string of the molecule is Cc1nnc(SCC(=O)N(C)Cc2ccc(OC(F)F)cc2)n1C1CCCCC1. The summed E-state index contributed by atoms with van der Waals surface area (Å²) < 4.78 is 31.0. The maximum absolute atomic E-state index is 12.6. The van der Waals surface area contributed by atoms with Crippen molar-refractivity contribution in [3.63, 3.8) is 0 Å². The number of rotatable bonds is 8. The number of alkyl halides is 2. The Hall–Kier alpha value is -2.16. The van der Waals surface area contributed by atoms with E-state index in [-0.39, 0.29) is 17.4 Å². The number of nitrogens with zero attached hydrogens (tertiary/aromatic N) is 4. The molecule has 3 rings (SSSR count). The van der Waals surface area contributed by atoms with Gasteiger partial charge in [0.05, 0.1) is 5.75 Å². The molecule has 1 aromatic heterocycles. The average Bonchev–Trinajstić information content (AvgIpc) is 3.08. The molecule has 1 aliphatic rings. The van der Waals surface area contributed by atoms with Crippen molar-refractivity contribution in [1.82, 2.24) is 19.7 Å². The minimum Gasteiger partial charge on any atom is -0.435 e. The Morgan fingerprint density at radius 3 is 2.59 bits per heavy atom. The van der Waals surface area contributed by atoms with Crippen LogP contribution in [0, 0.1) is 6.92 Å². The first-order valence-corrected chi connectivity index (χ1v) is 10.7. The van der Waals surface area contributed by atoms with Crippen molar-refractivity contribution >= 4 is 17.7 Å². The topological polar surface area (TPSA) is 60.3 Å². The number of benzene rings is 1. The lowest BCUT2D eigenvalue weighted by Gasteiger charge is -2.25. The normalized spacial score (nSPS) is 14.9. The number of thioether (sulfide) groups is 1. The second-order valence-corrected chi connectivity index (χ2v) is 8.20. The molecule has 0 bridgehead atoms. The largest absolute Gasteiger partial charge is 0.435 e. The molecule has 0 radical (unpaired) electrons. The Balaban J connectivity index is 1.54. The molecule has 0 spiro atoms. The molecular weight excluding hydrogens is 398 g/mol. The van der Waals surface area contributed by atoms with Crippen LogP contribution >= 0.6 is 11.8 Å². The molecule has 6 nitrogen and oxygen atoms in total. The van der Waals surface area contributed by atoms with E-state index < -0.39 is 6.61 Å². The third-order valence-electron chi connectivity index (χ3n) is 5.09. The molecule has 1 amide bonds. The molecule has 1 heterocycles. The van der Waals surface area contributed by atoms with Gasteiger partial charge in [-0.25, -0.2) is 0 Å². The molecule has 1 fully saturated rings. The van der Waals surface area contributed by atoms with Gasteiger partial charge >= 0.3 is 6.61 Å². The Labute approximate surface area is 173 Å². The van der Waals surface area contributed by atoms with Crippen LogP contribution < -0.4 is 4.74 Å². The predicted octanol–water partition coefficient (Wildman–Crippen LogP) is 4.44. The van der Waals surface area contributed by atoms with Crippen molar-refractivity contribution < 1.29 is 18.3 Å². The molecular formula is C20H26F2N4O2S. The quantitative estimate of drug-likeness (QED) is 0.586. The number of aryl methyl sites for hydroxylation is 1. The van der Waals surface area contributed by atoms with Crippen LogP contribution in [0.25, 0.3) is 0 Å². The number of aromatic nitrogens is 3. The van der Waals surface area contributed by atoms with Gasteiger partial charge < -0.3 is 14.2 Å². The van der Waals surface area contributed by atoms with Crippen LogP contribution in [0.5, 0.6) is 5.75 Å². The fraction of sp³-hybridized carbons (Fsp3) is 0.550. The van der Waals surface area contributed by atoms with Crippen LogP contribution in [0.1, 0.15) is 49.5 Å². The van der Waals surface area contributed by atoms with Crippen LogP contribution in [-0.4, -0.2) is 45.0 Å².